The largest absolute Gasteiger partial charge is 0.386 e. The van der Waals surface area contributed by atoms with E-state index in [1.165, 1.54) is 0 Å². The first-order valence-corrected chi connectivity index (χ1v) is 18.7. The third-order valence-electron chi connectivity index (χ3n) is 10.7. The molecule has 0 radical (unpaired) electrons. The van der Waals surface area contributed by atoms with Gasteiger partial charge in [0.05, 0.1) is 54.8 Å². The lowest BCUT2D eigenvalue weighted by atomic mass is 9.89. The number of nitrogens with zero attached hydrogens (tertiary/aromatic N) is 2. The molecule has 1 fully saturated rings. The number of hydrogen-bond donors (Lipinski definition) is 4. The van der Waals surface area contributed by atoms with Gasteiger partial charge >= 0.3 is 0 Å². The molecule has 1 saturated heterocycles. The summed E-state index contributed by atoms with van der Waals surface area (Å²) < 4.78 is 11.9. The lowest BCUT2D eigenvalue weighted by Gasteiger charge is -2.41. The van der Waals surface area contributed by atoms with Crippen molar-refractivity contribution in [1.29, 1.82) is 0 Å². The summed E-state index contributed by atoms with van der Waals surface area (Å²) in [5, 5.41) is 19.8. The molecule has 3 unspecified atom stereocenters. The molecule has 0 bridgehead atoms. The van der Waals surface area contributed by atoms with Crippen molar-refractivity contribution in [2.75, 3.05) is 34.9 Å². The molecule has 12 heteroatoms. The van der Waals surface area contributed by atoms with Gasteiger partial charge in [-0.25, -0.2) is 0 Å². The molecule has 2 rings (SSSR count). The molecule has 290 valence electrons. The number of amides is 4. The fourth-order valence-corrected chi connectivity index (χ4v) is 7.42. The van der Waals surface area contributed by atoms with Crippen LogP contribution in [0, 0.1) is 23.7 Å². The minimum atomic E-state index is -0.875. The molecule has 0 saturated carbocycles. The maximum Gasteiger partial charge on any atom is 0.245 e. The van der Waals surface area contributed by atoms with Crippen LogP contribution in [0.15, 0.2) is 30.3 Å². The van der Waals surface area contributed by atoms with Crippen molar-refractivity contribution in [3.63, 3.8) is 0 Å². The van der Waals surface area contributed by atoms with E-state index in [1.807, 2.05) is 71.9 Å². The van der Waals surface area contributed by atoms with Gasteiger partial charge in [-0.3, -0.25) is 19.2 Å². The van der Waals surface area contributed by atoms with Crippen LogP contribution in [-0.4, -0.2) is 116 Å². The quantitative estimate of drug-likeness (QED) is 0.160. The molecular formula is C39H67N5O7. The topological polar surface area (TPSA) is 150 Å². The highest BCUT2D eigenvalue weighted by atomic mass is 16.5. The molecule has 51 heavy (non-hydrogen) atoms. The monoisotopic (exact) mass is 718 g/mol. The Labute approximate surface area is 306 Å². The Morgan fingerprint density at radius 2 is 1.53 bits per heavy atom. The summed E-state index contributed by atoms with van der Waals surface area (Å²) >= 11 is 0. The summed E-state index contributed by atoms with van der Waals surface area (Å²) in [5.41, 5.74) is 0.711. The van der Waals surface area contributed by atoms with Crippen LogP contribution in [-0.2, 0) is 28.7 Å². The normalized spacial score (nSPS) is 20.1. The number of benzene rings is 1. The van der Waals surface area contributed by atoms with E-state index < -0.39 is 48.4 Å². The molecular weight excluding hydrogens is 650 g/mol. The average Bonchev–Trinajstić information content (AvgIpc) is 3.59. The van der Waals surface area contributed by atoms with Crippen LogP contribution in [0.4, 0.5) is 0 Å². The molecule has 1 aliphatic heterocycles. The Morgan fingerprint density at radius 3 is 2.04 bits per heavy atom. The fraction of sp³-hybridized carbons (Fsp3) is 0.744. The number of ether oxygens (including phenoxy) is 2. The molecule has 0 spiro atoms. The number of carbonyl (C=O) groups excluding carboxylic acids is 4. The van der Waals surface area contributed by atoms with Gasteiger partial charge in [-0.2, -0.15) is 0 Å². The van der Waals surface area contributed by atoms with Gasteiger partial charge < -0.3 is 40.3 Å². The Hall–Kier alpha value is -3.06. The van der Waals surface area contributed by atoms with Crippen molar-refractivity contribution in [3.8, 4) is 0 Å². The molecule has 12 nitrogen and oxygen atoms in total. The predicted octanol–water partition coefficient (Wildman–Crippen LogP) is 3.53. The fourth-order valence-electron chi connectivity index (χ4n) is 7.42. The minimum Gasteiger partial charge on any atom is -0.386 e. The van der Waals surface area contributed by atoms with E-state index in [0.29, 0.717) is 18.5 Å². The second-order valence-electron chi connectivity index (χ2n) is 15.0. The van der Waals surface area contributed by atoms with E-state index in [-0.39, 0.29) is 53.8 Å². The zero-order valence-electron chi connectivity index (χ0n) is 33.1. The van der Waals surface area contributed by atoms with Gasteiger partial charge in [-0.15, -0.1) is 0 Å². The Morgan fingerprint density at radius 1 is 0.922 bits per heavy atom. The molecule has 1 aromatic rings. The van der Waals surface area contributed by atoms with E-state index >= 15 is 0 Å². The first-order chi connectivity index (χ1) is 24.0. The zero-order valence-corrected chi connectivity index (χ0v) is 33.1. The van der Waals surface area contributed by atoms with Crippen molar-refractivity contribution in [1.82, 2.24) is 25.8 Å². The van der Waals surface area contributed by atoms with Gasteiger partial charge in [0.15, 0.2) is 0 Å². The number of rotatable bonds is 20. The lowest BCUT2D eigenvalue weighted by Crippen LogP contribution is -2.59. The average molecular weight is 718 g/mol. The zero-order chi connectivity index (χ0) is 38.6. The number of likely N-dealkylation sites (N-methyl/N-ethyl adjacent to an activating group) is 2. The van der Waals surface area contributed by atoms with Crippen molar-refractivity contribution in [2.24, 2.45) is 23.7 Å². The van der Waals surface area contributed by atoms with Crippen LogP contribution >= 0.6 is 0 Å². The smallest absolute Gasteiger partial charge is 0.245 e. The summed E-state index contributed by atoms with van der Waals surface area (Å²) in [6.07, 6.45) is 0.147. The van der Waals surface area contributed by atoms with Crippen molar-refractivity contribution in [3.05, 3.63) is 35.9 Å². The maximum atomic E-state index is 14.1. The van der Waals surface area contributed by atoms with E-state index in [9.17, 15) is 24.3 Å². The Balaban J connectivity index is 2.24. The van der Waals surface area contributed by atoms with Crippen LogP contribution in [0.2, 0.25) is 0 Å². The lowest BCUT2D eigenvalue weighted by molar-refractivity contribution is -0.148. The van der Waals surface area contributed by atoms with Crippen LogP contribution in [0.5, 0.6) is 0 Å². The number of hydrogen-bond acceptors (Lipinski definition) is 8. The molecule has 4 N–H and O–H groups in total. The van der Waals surface area contributed by atoms with E-state index in [4.69, 9.17) is 9.47 Å². The molecule has 1 aliphatic rings. The summed E-state index contributed by atoms with van der Waals surface area (Å²) in [5.74, 6) is -1.62. The van der Waals surface area contributed by atoms with E-state index in [0.717, 1.165) is 12.8 Å². The molecule has 1 aromatic carbocycles. The summed E-state index contributed by atoms with van der Waals surface area (Å²) in [6, 6.07) is 6.67. The first kappa shape index (κ1) is 44.1. The van der Waals surface area contributed by atoms with Crippen LogP contribution in [0.25, 0.3) is 0 Å². The SMILES string of the molecule is CC[C@@H](C)[C@H]([C@H](CC(=O)N1CCCC1[C@@H](OC)[C@H](C)C(=O)N[C@@H](C)[C@H](O)c1ccccc1)OC)N(C)C(=O)C(NC(=O)C(NC)C(C)C)C(C)C. The second kappa shape index (κ2) is 20.8. The summed E-state index contributed by atoms with van der Waals surface area (Å²) in [6.45, 7) is 15.9. The number of aliphatic hydroxyl groups is 1. The molecule has 4 amide bonds. The van der Waals surface area contributed by atoms with Crippen LogP contribution < -0.4 is 16.0 Å². The molecule has 0 aliphatic carbocycles. The predicted molar refractivity (Wildman–Crippen MR) is 200 cm³/mol. The van der Waals surface area contributed by atoms with Gasteiger partial charge in [-0.05, 0) is 50.1 Å². The standard InChI is InChI=1S/C39H67N5O7/c1-13-25(6)34(43(10)39(49)33(24(4)5)42-38(48)32(40-9)23(2)3)30(50-11)22-31(45)44-21-17-20-29(44)36(51-12)26(7)37(47)41-27(8)35(46)28-18-15-14-16-19-28/h14-16,18-19,23-27,29-30,32-36,40,46H,13,17,20-22H2,1-12H3,(H,41,47)(H,42,48)/t25-,26+,27+,29?,30+,32?,33?,34-,35+,36+/m1/s1. The number of likely N-dealkylation sites (tertiary alicyclic amines) is 1. The van der Waals surface area contributed by atoms with Gasteiger partial charge in [-0.1, -0.05) is 85.2 Å². The first-order valence-electron chi connectivity index (χ1n) is 18.7. The Kier molecular flexibility index (Phi) is 18.0. The highest BCUT2D eigenvalue weighted by Gasteiger charge is 2.43. The second-order valence-corrected chi connectivity index (χ2v) is 15.0. The van der Waals surface area contributed by atoms with Crippen molar-refractivity contribution < 1.29 is 33.8 Å². The molecule has 1 heterocycles. The van der Waals surface area contributed by atoms with Gasteiger partial charge in [0.25, 0.3) is 0 Å². The van der Waals surface area contributed by atoms with E-state index in [1.54, 1.807) is 52.0 Å². The summed E-state index contributed by atoms with van der Waals surface area (Å²) in [7, 11) is 6.57. The van der Waals surface area contributed by atoms with Gasteiger partial charge in [0.1, 0.15) is 6.04 Å². The summed E-state index contributed by atoms with van der Waals surface area (Å²) in [4.78, 5) is 58.3. The van der Waals surface area contributed by atoms with Crippen molar-refractivity contribution >= 4 is 23.6 Å². The van der Waals surface area contributed by atoms with Crippen LogP contribution in [0.1, 0.15) is 92.7 Å². The Bertz CT molecular complexity index is 1250. The number of carbonyl (C=O) groups is 4. The number of nitrogens with one attached hydrogen (secondary N) is 3. The third-order valence-corrected chi connectivity index (χ3v) is 10.7. The molecule has 0 aromatic heterocycles. The highest BCUT2D eigenvalue weighted by molar-refractivity contribution is 5.90. The van der Waals surface area contributed by atoms with Crippen molar-refractivity contribution in [2.45, 2.75) is 130 Å². The van der Waals surface area contributed by atoms with Crippen LogP contribution in [0.3, 0.4) is 0 Å². The van der Waals surface area contributed by atoms with Gasteiger partial charge in [0.2, 0.25) is 23.6 Å². The van der Waals surface area contributed by atoms with E-state index in [2.05, 4.69) is 16.0 Å². The maximum absolute atomic E-state index is 14.1. The minimum absolute atomic E-state index is 0.0148. The number of aliphatic hydroxyl groups excluding tert-OH is 1. The molecule has 10 atom stereocenters. The third kappa shape index (κ3) is 11.5. The highest BCUT2D eigenvalue weighted by Crippen LogP contribution is 2.30. The number of methoxy groups -OCH3 is 2. The van der Waals surface area contributed by atoms with Gasteiger partial charge in [0, 0.05) is 27.8 Å².